The van der Waals surface area contributed by atoms with Gasteiger partial charge in [-0.1, -0.05) is 31.5 Å². The molecule has 0 radical (unpaired) electrons. The van der Waals surface area contributed by atoms with Gasteiger partial charge in [0.05, 0.1) is 23.7 Å². The van der Waals surface area contributed by atoms with E-state index in [-0.39, 0.29) is 24.8 Å². The maximum atomic E-state index is 11.9. The largest absolute Gasteiger partial charge is 0.347 e. The van der Waals surface area contributed by atoms with Crippen molar-refractivity contribution in [2.45, 2.75) is 33.1 Å². The summed E-state index contributed by atoms with van der Waals surface area (Å²) in [4.78, 5) is 28.3. The lowest BCUT2D eigenvalue weighted by atomic mass is 10.2. The molecule has 0 spiro atoms. The van der Waals surface area contributed by atoms with E-state index in [1.807, 2.05) is 12.3 Å². The number of benzene rings is 1. The monoisotopic (exact) mass is 365 g/mol. The predicted molar refractivity (Wildman–Crippen MR) is 97.7 cm³/mol. The maximum absolute atomic E-state index is 11.9. The van der Waals surface area contributed by atoms with Crippen molar-refractivity contribution in [1.29, 1.82) is 0 Å². The third-order valence-electron chi connectivity index (χ3n) is 3.39. The molecule has 1 aromatic heterocycles. The molecule has 2 amide bonds. The van der Waals surface area contributed by atoms with Crippen molar-refractivity contribution >= 4 is 40.4 Å². The van der Waals surface area contributed by atoms with Gasteiger partial charge in [0.15, 0.2) is 0 Å². The van der Waals surface area contributed by atoms with Gasteiger partial charge in [0.1, 0.15) is 0 Å². The molecular weight excluding hydrogens is 346 g/mol. The summed E-state index contributed by atoms with van der Waals surface area (Å²) in [7, 11) is 0. The van der Waals surface area contributed by atoms with E-state index in [0.29, 0.717) is 16.6 Å². The van der Waals surface area contributed by atoms with E-state index >= 15 is 0 Å². The summed E-state index contributed by atoms with van der Waals surface area (Å²) in [5, 5.41) is 8.81. The Morgan fingerprint density at radius 1 is 1.29 bits per heavy atom. The van der Waals surface area contributed by atoms with Crippen LogP contribution in [0, 0.1) is 6.92 Å². The normalized spacial score (nSPS) is 10.7. The molecule has 0 saturated heterocycles. The zero-order chi connectivity index (χ0) is 17.7. The highest BCUT2D eigenvalue weighted by molar-refractivity contribution is 7.09. The second-order valence-electron chi connectivity index (χ2n) is 5.75. The van der Waals surface area contributed by atoms with Gasteiger partial charge in [-0.15, -0.1) is 11.3 Å². The molecule has 7 heteroatoms. The minimum absolute atomic E-state index is 0.0913. The van der Waals surface area contributed by atoms with Crippen molar-refractivity contribution in [2.75, 3.05) is 11.9 Å². The van der Waals surface area contributed by atoms with Crippen LogP contribution < -0.4 is 10.6 Å². The predicted octanol–water partition coefficient (Wildman–Crippen LogP) is 3.53. The zero-order valence-corrected chi connectivity index (χ0v) is 15.4. The number of halogens is 1. The van der Waals surface area contributed by atoms with Gasteiger partial charge in [0, 0.05) is 22.0 Å². The Labute approximate surface area is 150 Å². The van der Waals surface area contributed by atoms with Crippen LogP contribution in [-0.4, -0.2) is 23.3 Å². The third-order valence-corrected chi connectivity index (χ3v) is 5.00. The van der Waals surface area contributed by atoms with Gasteiger partial charge in [-0.3, -0.25) is 9.59 Å². The number of carbonyl (C=O) groups is 2. The summed E-state index contributed by atoms with van der Waals surface area (Å²) in [6.07, 6.45) is 0.173. The number of nitrogens with zero attached hydrogens (tertiary/aromatic N) is 1. The summed E-state index contributed by atoms with van der Waals surface area (Å²) in [6.45, 7) is 5.85. The SMILES string of the molecule is Cc1c(Cl)cccc1NC(=O)CNC(=O)Cc1csc(C(C)C)n1. The number of aromatic nitrogens is 1. The van der Waals surface area contributed by atoms with Crippen molar-refractivity contribution in [3.05, 3.63) is 44.9 Å². The molecule has 128 valence electrons. The molecule has 0 saturated carbocycles. The number of anilines is 1. The molecule has 24 heavy (non-hydrogen) atoms. The summed E-state index contributed by atoms with van der Waals surface area (Å²) >= 11 is 7.56. The first-order valence-corrected chi connectivity index (χ1v) is 8.88. The van der Waals surface area contributed by atoms with Crippen LogP contribution in [0.15, 0.2) is 23.6 Å². The van der Waals surface area contributed by atoms with Gasteiger partial charge in [-0.2, -0.15) is 0 Å². The van der Waals surface area contributed by atoms with Crippen molar-refractivity contribution in [3.8, 4) is 0 Å². The average Bonchev–Trinajstić information content (AvgIpc) is 2.98. The number of hydrogen-bond acceptors (Lipinski definition) is 4. The second-order valence-corrected chi connectivity index (χ2v) is 7.04. The Morgan fingerprint density at radius 2 is 2.04 bits per heavy atom. The molecule has 0 fully saturated rings. The summed E-state index contributed by atoms with van der Waals surface area (Å²) in [6, 6.07) is 5.29. The highest BCUT2D eigenvalue weighted by Gasteiger charge is 2.12. The summed E-state index contributed by atoms with van der Waals surface area (Å²) in [5.41, 5.74) is 2.16. The fourth-order valence-electron chi connectivity index (χ4n) is 2.01. The van der Waals surface area contributed by atoms with Crippen LogP contribution in [0.3, 0.4) is 0 Å². The van der Waals surface area contributed by atoms with Crippen molar-refractivity contribution < 1.29 is 9.59 Å². The quantitative estimate of drug-likeness (QED) is 0.822. The number of carbonyl (C=O) groups excluding carboxylic acids is 2. The fourth-order valence-corrected chi connectivity index (χ4v) is 3.02. The molecule has 0 aliphatic heterocycles. The minimum atomic E-state index is -0.296. The van der Waals surface area contributed by atoms with Crippen LogP contribution in [-0.2, 0) is 16.0 Å². The Kier molecular flexibility index (Phi) is 6.34. The first-order valence-electron chi connectivity index (χ1n) is 7.62. The highest BCUT2D eigenvalue weighted by Crippen LogP contribution is 2.22. The standard InChI is InChI=1S/C17H20ClN3O2S/c1-10(2)17-20-12(9-24-17)7-15(22)19-8-16(23)21-14-6-4-5-13(18)11(14)3/h4-6,9-10H,7-8H2,1-3H3,(H,19,22)(H,21,23). The molecule has 0 aliphatic rings. The topological polar surface area (TPSA) is 71.1 Å². The molecular formula is C17H20ClN3O2S. The van der Waals surface area contributed by atoms with Crippen molar-refractivity contribution in [1.82, 2.24) is 10.3 Å². The Balaban J connectivity index is 1.82. The van der Waals surface area contributed by atoms with Gasteiger partial charge in [-0.05, 0) is 24.6 Å². The average molecular weight is 366 g/mol. The Bertz CT molecular complexity index is 743. The lowest BCUT2D eigenvalue weighted by molar-refractivity contribution is -0.123. The maximum Gasteiger partial charge on any atom is 0.243 e. The molecule has 2 N–H and O–H groups in total. The summed E-state index contributed by atoms with van der Waals surface area (Å²) in [5.74, 6) is -0.179. The summed E-state index contributed by atoms with van der Waals surface area (Å²) < 4.78 is 0. The van der Waals surface area contributed by atoms with E-state index in [1.165, 1.54) is 0 Å². The second kappa shape index (κ2) is 8.26. The number of rotatable bonds is 6. The lowest BCUT2D eigenvalue weighted by Gasteiger charge is -2.10. The minimum Gasteiger partial charge on any atom is -0.347 e. The van der Waals surface area contributed by atoms with Crippen molar-refractivity contribution in [2.24, 2.45) is 0 Å². The van der Waals surface area contributed by atoms with E-state index in [4.69, 9.17) is 11.6 Å². The number of nitrogens with one attached hydrogen (secondary N) is 2. The molecule has 2 rings (SSSR count). The van der Waals surface area contributed by atoms with E-state index in [0.717, 1.165) is 16.3 Å². The van der Waals surface area contributed by atoms with Crippen LogP contribution in [0.2, 0.25) is 5.02 Å². The molecule has 1 heterocycles. The van der Waals surface area contributed by atoms with E-state index in [1.54, 1.807) is 29.5 Å². The Morgan fingerprint density at radius 3 is 2.71 bits per heavy atom. The fraction of sp³-hybridized carbons (Fsp3) is 0.353. The van der Waals surface area contributed by atoms with Crippen molar-refractivity contribution in [3.63, 3.8) is 0 Å². The molecule has 0 unspecified atom stereocenters. The van der Waals surface area contributed by atoms with Gasteiger partial charge in [0.25, 0.3) is 0 Å². The highest BCUT2D eigenvalue weighted by atomic mass is 35.5. The Hall–Kier alpha value is -1.92. The first kappa shape index (κ1) is 18.4. The van der Waals surface area contributed by atoms with E-state index < -0.39 is 0 Å². The molecule has 2 aromatic rings. The van der Waals surface area contributed by atoms with Gasteiger partial charge in [-0.25, -0.2) is 4.98 Å². The number of amides is 2. The molecule has 1 aromatic carbocycles. The van der Waals surface area contributed by atoms with Gasteiger partial charge in [0.2, 0.25) is 11.8 Å². The van der Waals surface area contributed by atoms with Gasteiger partial charge < -0.3 is 10.6 Å². The molecule has 5 nitrogen and oxygen atoms in total. The number of thiazole rings is 1. The number of hydrogen-bond donors (Lipinski definition) is 2. The van der Waals surface area contributed by atoms with Crippen LogP contribution in [0.5, 0.6) is 0 Å². The third kappa shape index (κ3) is 5.04. The first-order chi connectivity index (χ1) is 11.4. The van der Waals surface area contributed by atoms with E-state index in [2.05, 4.69) is 29.5 Å². The van der Waals surface area contributed by atoms with E-state index in [9.17, 15) is 9.59 Å². The molecule has 0 atom stereocenters. The lowest BCUT2D eigenvalue weighted by Crippen LogP contribution is -2.34. The van der Waals surface area contributed by atoms with Gasteiger partial charge >= 0.3 is 0 Å². The van der Waals surface area contributed by atoms with Crippen LogP contribution >= 0.6 is 22.9 Å². The van der Waals surface area contributed by atoms with Crippen LogP contribution in [0.1, 0.15) is 36.0 Å². The molecule has 0 aliphatic carbocycles. The zero-order valence-electron chi connectivity index (χ0n) is 13.9. The van der Waals surface area contributed by atoms with Crippen LogP contribution in [0.4, 0.5) is 5.69 Å². The molecule has 0 bridgehead atoms. The smallest absolute Gasteiger partial charge is 0.243 e. The van der Waals surface area contributed by atoms with Crippen LogP contribution in [0.25, 0.3) is 0 Å².